The molecule has 0 spiro atoms. The van der Waals surface area contributed by atoms with Crippen molar-refractivity contribution >= 4 is 11.6 Å². The Hall–Kier alpha value is 0.250. The number of hydrogen-bond donors (Lipinski definition) is 1. The van der Waals surface area contributed by atoms with Crippen molar-refractivity contribution in [2.45, 2.75) is 31.6 Å². The number of alkyl halides is 1. The van der Waals surface area contributed by atoms with Gasteiger partial charge in [-0.1, -0.05) is 13.3 Å². The Balaban J connectivity index is 2.14. The second kappa shape index (κ2) is 4.20. The van der Waals surface area contributed by atoms with Crippen molar-refractivity contribution in [3.8, 4) is 0 Å². The predicted octanol–water partition coefficient (Wildman–Crippen LogP) is 2.00. The van der Waals surface area contributed by atoms with E-state index in [0.29, 0.717) is 5.38 Å². The Kier molecular flexibility index (Phi) is 3.50. The van der Waals surface area contributed by atoms with Gasteiger partial charge in [-0.3, -0.25) is 0 Å². The fourth-order valence-corrected chi connectivity index (χ4v) is 1.92. The maximum Gasteiger partial charge on any atom is 0.0376 e. The quantitative estimate of drug-likeness (QED) is 0.625. The van der Waals surface area contributed by atoms with Crippen molar-refractivity contribution in [3.63, 3.8) is 0 Å². The Morgan fingerprint density at radius 3 is 2.80 bits per heavy atom. The third kappa shape index (κ3) is 2.14. The maximum absolute atomic E-state index is 6.07. The Labute approximate surface area is 68.1 Å². The first-order valence-electron chi connectivity index (χ1n) is 4.19. The standard InChI is InChI=1S/C8H16ClN/c1-2-10-6-7-4-3-5-8(7)9/h7-8,10H,2-6H2,1H3. The van der Waals surface area contributed by atoms with Crippen molar-refractivity contribution in [1.82, 2.24) is 5.32 Å². The first-order valence-corrected chi connectivity index (χ1v) is 4.63. The fourth-order valence-electron chi connectivity index (χ4n) is 1.55. The topological polar surface area (TPSA) is 12.0 Å². The number of rotatable bonds is 3. The minimum atomic E-state index is 0.444. The second-order valence-electron chi connectivity index (χ2n) is 3.01. The summed E-state index contributed by atoms with van der Waals surface area (Å²) in [5, 5.41) is 3.78. The molecule has 1 saturated carbocycles. The average molecular weight is 162 g/mol. The summed E-state index contributed by atoms with van der Waals surface area (Å²) in [4.78, 5) is 0. The highest BCUT2D eigenvalue weighted by Gasteiger charge is 2.24. The van der Waals surface area contributed by atoms with Gasteiger partial charge >= 0.3 is 0 Å². The van der Waals surface area contributed by atoms with E-state index in [-0.39, 0.29) is 0 Å². The lowest BCUT2D eigenvalue weighted by atomic mass is 10.1. The lowest BCUT2D eigenvalue weighted by Gasteiger charge is -2.12. The molecule has 10 heavy (non-hydrogen) atoms. The van der Waals surface area contributed by atoms with Crippen LogP contribution in [0.1, 0.15) is 26.2 Å². The zero-order valence-electron chi connectivity index (χ0n) is 6.57. The van der Waals surface area contributed by atoms with Gasteiger partial charge in [0.05, 0.1) is 0 Å². The van der Waals surface area contributed by atoms with Gasteiger partial charge in [-0.05, 0) is 31.8 Å². The van der Waals surface area contributed by atoms with Crippen molar-refractivity contribution in [1.29, 1.82) is 0 Å². The zero-order chi connectivity index (χ0) is 7.40. The zero-order valence-corrected chi connectivity index (χ0v) is 7.32. The Morgan fingerprint density at radius 2 is 2.30 bits per heavy atom. The SMILES string of the molecule is CCNCC1CCCC1Cl. The number of hydrogen-bond acceptors (Lipinski definition) is 1. The average Bonchev–Trinajstić information content (AvgIpc) is 2.31. The molecule has 2 atom stereocenters. The molecule has 60 valence electrons. The summed E-state index contributed by atoms with van der Waals surface area (Å²) in [5.74, 6) is 0.738. The second-order valence-corrected chi connectivity index (χ2v) is 3.58. The monoisotopic (exact) mass is 161 g/mol. The third-order valence-electron chi connectivity index (χ3n) is 2.22. The van der Waals surface area contributed by atoms with Gasteiger partial charge in [-0.15, -0.1) is 11.6 Å². The summed E-state index contributed by atoms with van der Waals surface area (Å²) in [6.07, 6.45) is 3.86. The lowest BCUT2D eigenvalue weighted by molar-refractivity contribution is 0.503. The van der Waals surface area contributed by atoms with Gasteiger partial charge in [-0.2, -0.15) is 0 Å². The van der Waals surface area contributed by atoms with E-state index >= 15 is 0 Å². The van der Waals surface area contributed by atoms with E-state index in [1.54, 1.807) is 0 Å². The first-order chi connectivity index (χ1) is 4.84. The van der Waals surface area contributed by atoms with E-state index in [1.165, 1.54) is 19.3 Å². The molecule has 0 heterocycles. The molecule has 1 nitrogen and oxygen atoms in total. The largest absolute Gasteiger partial charge is 0.317 e. The highest BCUT2D eigenvalue weighted by Crippen LogP contribution is 2.29. The van der Waals surface area contributed by atoms with E-state index < -0.39 is 0 Å². The molecule has 1 fully saturated rings. The Bertz CT molecular complexity index is 95.3. The minimum absolute atomic E-state index is 0.444. The molecule has 0 bridgehead atoms. The summed E-state index contributed by atoms with van der Waals surface area (Å²) in [6, 6.07) is 0. The van der Waals surface area contributed by atoms with Crippen molar-refractivity contribution in [3.05, 3.63) is 0 Å². The fraction of sp³-hybridized carbons (Fsp3) is 1.00. The van der Waals surface area contributed by atoms with Crippen molar-refractivity contribution in [2.75, 3.05) is 13.1 Å². The normalized spacial score (nSPS) is 33.0. The molecule has 0 saturated heterocycles. The molecule has 1 rings (SSSR count). The Morgan fingerprint density at radius 1 is 1.50 bits per heavy atom. The molecule has 0 aromatic rings. The van der Waals surface area contributed by atoms with Crippen LogP contribution in [0.3, 0.4) is 0 Å². The van der Waals surface area contributed by atoms with Gasteiger partial charge in [0, 0.05) is 5.38 Å². The third-order valence-corrected chi connectivity index (χ3v) is 2.80. The number of halogens is 1. The molecule has 2 heteroatoms. The van der Waals surface area contributed by atoms with Crippen LogP contribution in [0.15, 0.2) is 0 Å². The highest BCUT2D eigenvalue weighted by atomic mass is 35.5. The first kappa shape index (κ1) is 8.35. The molecule has 0 aliphatic heterocycles. The van der Waals surface area contributed by atoms with Gasteiger partial charge in [0.2, 0.25) is 0 Å². The van der Waals surface area contributed by atoms with Crippen LogP contribution in [0.4, 0.5) is 0 Å². The van der Waals surface area contributed by atoms with E-state index in [9.17, 15) is 0 Å². The molecule has 0 aromatic heterocycles. The van der Waals surface area contributed by atoms with E-state index in [1.807, 2.05) is 0 Å². The molecule has 0 amide bonds. The highest BCUT2D eigenvalue weighted by molar-refractivity contribution is 6.20. The number of nitrogens with one attached hydrogen (secondary N) is 1. The van der Waals surface area contributed by atoms with Gasteiger partial charge in [-0.25, -0.2) is 0 Å². The summed E-state index contributed by atoms with van der Waals surface area (Å²) in [6.45, 7) is 4.32. The minimum Gasteiger partial charge on any atom is -0.317 e. The van der Waals surface area contributed by atoms with Crippen LogP contribution in [0, 0.1) is 5.92 Å². The van der Waals surface area contributed by atoms with Crippen LogP contribution in [0.25, 0.3) is 0 Å². The summed E-state index contributed by atoms with van der Waals surface area (Å²) < 4.78 is 0. The molecule has 0 radical (unpaired) electrons. The smallest absolute Gasteiger partial charge is 0.0376 e. The van der Waals surface area contributed by atoms with Crippen LogP contribution in [-0.2, 0) is 0 Å². The molecule has 0 aromatic carbocycles. The van der Waals surface area contributed by atoms with Crippen LogP contribution < -0.4 is 5.32 Å². The summed E-state index contributed by atoms with van der Waals surface area (Å²) in [5.41, 5.74) is 0. The van der Waals surface area contributed by atoms with Crippen LogP contribution in [0.2, 0.25) is 0 Å². The van der Waals surface area contributed by atoms with Crippen molar-refractivity contribution < 1.29 is 0 Å². The van der Waals surface area contributed by atoms with Gasteiger partial charge in [0.1, 0.15) is 0 Å². The molecule has 1 N–H and O–H groups in total. The lowest BCUT2D eigenvalue weighted by Crippen LogP contribution is -2.25. The van der Waals surface area contributed by atoms with E-state index in [2.05, 4.69) is 12.2 Å². The van der Waals surface area contributed by atoms with Crippen LogP contribution in [0.5, 0.6) is 0 Å². The molecule has 1 aliphatic rings. The maximum atomic E-state index is 6.07. The van der Waals surface area contributed by atoms with Gasteiger partial charge in [0.15, 0.2) is 0 Å². The van der Waals surface area contributed by atoms with Gasteiger partial charge in [0.25, 0.3) is 0 Å². The predicted molar refractivity (Wildman–Crippen MR) is 45.5 cm³/mol. The van der Waals surface area contributed by atoms with E-state index in [4.69, 9.17) is 11.6 Å². The molecular formula is C8H16ClN. The summed E-state index contributed by atoms with van der Waals surface area (Å²) in [7, 11) is 0. The van der Waals surface area contributed by atoms with Crippen LogP contribution >= 0.6 is 11.6 Å². The van der Waals surface area contributed by atoms with Crippen LogP contribution in [-0.4, -0.2) is 18.5 Å². The van der Waals surface area contributed by atoms with Crippen molar-refractivity contribution in [2.24, 2.45) is 5.92 Å². The molecule has 2 unspecified atom stereocenters. The van der Waals surface area contributed by atoms with E-state index in [0.717, 1.165) is 19.0 Å². The molecular weight excluding hydrogens is 146 g/mol. The molecule has 1 aliphatic carbocycles. The summed E-state index contributed by atoms with van der Waals surface area (Å²) >= 11 is 6.07. The van der Waals surface area contributed by atoms with Gasteiger partial charge < -0.3 is 5.32 Å².